The van der Waals surface area contributed by atoms with Crippen LogP contribution in [0.5, 0.6) is 0 Å². The Hall–Kier alpha value is -1.75. The third-order valence-corrected chi connectivity index (χ3v) is 7.37. The number of hydrogen-bond acceptors (Lipinski definition) is 4. The van der Waals surface area contributed by atoms with E-state index in [1.165, 1.54) is 36.0 Å². The predicted molar refractivity (Wildman–Crippen MR) is 111 cm³/mol. The summed E-state index contributed by atoms with van der Waals surface area (Å²) in [7, 11) is 0. The minimum absolute atomic E-state index is 0.0759. The fourth-order valence-corrected chi connectivity index (χ4v) is 5.85. The van der Waals surface area contributed by atoms with Crippen LogP contribution >= 0.6 is 0 Å². The summed E-state index contributed by atoms with van der Waals surface area (Å²) < 4.78 is 0. The Morgan fingerprint density at radius 2 is 1.64 bits per heavy atom. The number of piperidine rings is 2. The third kappa shape index (κ3) is 3.08. The molecule has 3 aliphatic rings. The van der Waals surface area contributed by atoms with Crippen LogP contribution in [-0.4, -0.2) is 52.2 Å². The average molecular weight is 378 g/mol. The number of rotatable bonds is 3. The van der Waals surface area contributed by atoms with E-state index >= 15 is 0 Å². The van der Waals surface area contributed by atoms with Crippen molar-refractivity contribution >= 4 is 0 Å². The molecule has 2 atom stereocenters. The standard InChI is InChI=1S/C24H31N3O/c28-23-22(27-14-4-1-5-15-27)20-6-2-3-7-21(20)24(23)10-16-26(17-11-24)18-19-8-12-25-13-9-19/h2-3,6-9,12-13,22-23,28H,1,4-5,10-11,14-18H2/t22-,23+/m1/s1. The molecule has 1 spiro atoms. The zero-order valence-electron chi connectivity index (χ0n) is 16.6. The van der Waals surface area contributed by atoms with E-state index in [9.17, 15) is 5.11 Å². The normalized spacial score (nSPS) is 27.8. The fourth-order valence-electron chi connectivity index (χ4n) is 5.85. The van der Waals surface area contributed by atoms with Crippen LogP contribution in [0.1, 0.15) is 54.8 Å². The molecule has 1 N–H and O–H groups in total. The van der Waals surface area contributed by atoms with Gasteiger partial charge < -0.3 is 5.11 Å². The van der Waals surface area contributed by atoms with Crippen LogP contribution in [0.25, 0.3) is 0 Å². The van der Waals surface area contributed by atoms with Crippen LogP contribution < -0.4 is 0 Å². The Labute approximate surface area is 168 Å². The second kappa shape index (κ2) is 7.58. The van der Waals surface area contributed by atoms with E-state index in [-0.39, 0.29) is 17.6 Å². The summed E-state index contributed by atoms with van der Waals surface area (Å²) in [6.07, 6.45) is 9.40. The maximum absolute atomic E-state index is 11.6. The number of aliphatic hydroxyl groups is 1. The van der Waals surface area contributed by atoms with Gasteiger partial charge in [-0.2, -0.15) is 0 Å². The molecule has 0 unspecified atom stereocenters. The lowest BCUT2D eigenvalue weighted by Crippen LogP contribution is -2.50. The molecular weight excluding hydrogens is 346 g/mol. The Balaban J connectivity index is 1.37. The molecule has 2 saturated heterocycles. The van der Waals surface area contributed by atoms with Crippen molar-refractivity contribution in [3.63, 3.8) is 0 Å². The first-order valence-electron chi connectivity index (χ1n) is 10.9. The molecule has 4 heteroatoms. The molecule has 0 amide bonds. The van der Waals surface area contributed by atoms with Gasteiger partial charge in [-0.1, -0.05) is 30.7 Å². The minimum atomic E-state index is -0.286. The van der Waals surface area contributed by atoms with Crippen molar-refractivity contribution in [2.45, 2.75) is 56.2 Å². The van der Waals surface area contributed by atoms with Crippen molar-refractivity contribution in [3.8, 4) is 0 Å². The first-order chi connectivity index (χ1) is 13.8. The van der Waals surface area contributed by atoms with E-state index in [1.54, 1.807) is 0 Å². The molecule has 148 valence electrons. The molecule has 2 aliphatic heterocycles. The van der Waals surface area contributed by atoms with Crippen molar-refractivity contribution in [1.82, 2.24) is 14.8 Å². The summed E-state index contributed by atoms with van der Waals surface area (Å²) >= 11 is 0. The molecule has 1 aromatic carbocycles. The highest BCUT2D eigenvalue weighted by atomic mass is 16.3. The number of hydrogen-bond donors (Lipinski definition) is 1. The van der Waals surface area contributed by atoms with Gasteiger partial charge in [0.15, 0.2) is 0 Å². The molecule has 3 heterocycles. The third-order valence-electron chi connectivity index (χ3n) is 7.37. The van der Waals surface area contributed by atoms with Gasteiger partial charge in [0.25, 0.3) is 0 Å². The number of pyridine rings is 1. The van der Waals surface area contributed by atoms with Crippen molar-refractivity contribution in [2.24, 2.45) is 0 Å². The summed E-state index contributed by atoms with van der Waals surface area (Å²) in [5.74, 6) is 0. The van der Waals surface area contributed by atoms with Gasteiger partial charge >= 0.3 is 0 Å². The summed E-state index contributed by atoms with van der Waals surface area (Å²) in [6.45, 7) is 5.31. The number of aliphatic hydroxyl groups excluding tert-OH is 1. The van der Waals surface area contributed by atoms with E-state index < -0.39 is 0 Å². The molecule has 2 aromatic rings. The van der Waals surface area contributed by atoms with Crippen LogP contribution in [0.15, 0.2) is 48.8 Å². The molecule has 2 fully saturated rings. The molecule has 0 bridgehead atoms. The number of nitrogens with zero attached hydrogens (tertiary/aromatic N) is 3. The zero-order valence-corrected chi connectivity index (χ0v) is 16.6. The quantitative estimate of drug-likeness (QED) is 0.888. The monoisotopic (exact) mass is 377 g/mol. The summed E-state index contributed by atoms with van der Waals surface area (Å²) in [5.41, 5.74) is 4.05. The highest BCUT2D eigenvalue weighted by Gasteiger charge is 2.53. The van der Waals surface area contributed by atoms with Gasteiger partial charge in [0.2, 0.25) is 0 Å². The Morgan fingerprint density at radius 1 is 0.929 bits per heavy atom. The van der Waals surface area contributed by atoms with Gasteiger partial charge in [-0.05, 0) is 80.7 Å². The first kappa shape index (κ1) is 18.3. The number of aromatic nitrogens is 1. The van der Waals surface area contributed by atoms with Crippen LogP contribution in [0, 0.1) is 0 Å². The van der Waals surface area contributed by atoms with E-state index in [0.717, 1.165) is 45.6 Å². The molecule has 0 saturated carbocycles. The largest absolute Gasteiger partial charge is 0.390 e. The first-order valence-corrected chi connectivity index (χ1v) is 10.9. The van der Waals surface area contributed by atoms with Gasteiger partial charge in [0.1, 0.15) is 0 Å². The topological polar surface area (TPSA) is 39.6 Å². The molecule has 28 heavy (non-hydrogen) atoms. The SMILES string of the molecule is O[C@H]1[C@H](N2CCCCC2)c2ccccc2C12CCN(Cc1ccncc1)CC2. The summed E-state index contributed by atoms with van der Waals surface area (Å²) in [6, 6.07) is 13.3. The molecule has 4 nitrogen and oxygen atoms in total. The fraction of sp³-hybridized carbons (Fsp3) is 0.542. The minimum Gasteiger partial charge on any atom is -0.390 e. The second-order valence-electron chi connectivity index (χ2n) is 8.86. The Morgan fingerprint density at radius 3 is 2.39 bits per heavy atom. The zero-order chi connectivity index (χ0) is 19.0. The number of likely N-dealkylation sites (tertiary alicyclic amines) is 2. The van der Waals surface area contributed by atoms with Crippen molar-refractivity contribution in [1.29, 1.82) is 0 Å². The van der Waals surface area contributed by atoms with Gasteiger partial charge in [-0.15, -0.1) is 0 Å². The smallest absolute Gasteiger partial charge is 0.0834 e. The lowest BCUT2D eigenvalue weighted by atomic mass is 9.72. The van der Waals surface area contributed by atoms with Crippen LogP contribution in [0.2, 0.25) is 0 Å². The average Bonchev–Trinajstić information content (AvgIpc) is 2.99. The molecule has 1 aromatic heterocycles. The van der Waals surface area contributed by atoms with Crippen molar-refractivity contribution in [3.05, 3.63) is 65.5 Å². The Kier molecular flexibility index (Phi) is 4.95. The Bertz CT molecular complexity index is 795. The summed E-state index contributed by atoms with van der Waals surface area (Å²) in [4.78, 5) is 9.22. The van der Waals surface area contributed by atoms with Gasteiger partial charge in [-0.3, -0.25) is 14.8 Å². The van der Waals surface area contributed by atoms with E-state index in [4.69, 9.17) is 0 Å². The molecular formula is C24H31N3O. The van der Waals surface area contributed by atoms with E-state index in [1.807, 2.05) is 12.4 Å². The number of fused-ring (bicyclic) bond motifs is 2. The maximum Gasteiger partial charge on any atom is 0.0834 e. The van der Waals surface area contributed by atoms with Crippen LogP contribution in [0.4, 0.5) is 0 Å². The van der Waals surface area contributed by atoms with Crippen LogP contribution in [0.3, 0.4) is 0 Å². The van der Waals surface area contributed by atoms with Crippen molar-refractivity contribution < 1.29 is 5.11 Å². The second-order valence-corrected chi connectivity index (χ2v) is 8.86. The lowest BCUT2D eigenvalue weighted by Gasteiger charge is -2.44. The maximum atomic E-state index is 11.6. The highest BCUT2D eigenvalue weighted by Crippen LogP contribution is 2.53. The van der Waals surface area contributed by atoms with Crippen molar-refractivity contribution in [2.75, 3.05) is 26.2 Å². The van der Waals surface area contributed by atoms with Gasteiger partial charge in [0, 0.05) is 24.4 Å². The predicted octanol–water partition coefficient (Wildman–Crippen LogP) is 3.52. The van der Waals surface area contributed by atoms with Gasteiger partial charge in [-0.25, -0.2) is 0 Å². The lowest BCUT2D eigenvalue weighted by molar-refractivity contribution is -0.0211. The summed E-state index contributed by atoms with van der Waals surface area (Å²) in [5, 5.41) is 11.6. The van der Waals surface area contributed by atoms with Gasteiger partial charge in [0.05, 0.1) is 12.1 Å². The molecule has 1 aliphatic carbocycles. The van der Waals surface area contributed by atoms with Crippen LogP contribution in [-0.2, 0) is 12.0 Å². The number of benzene rings is 1. The van der Waals surface area contributed by atoms with E-state index in [0.29, 0.717) is 0 Å². The van der Waals surface area contributed by atoms with E-state index in [2.05, 4.69) is 51.2 Å². The molecule has 0 radical (unpaired) electrons. The highest BCUT2D eigenvalue weighted by molar-refractivity contribution is 5.45. The molecule has 5 rings (SSSR count).